The van der Waals surface area contributed by atoms with Crippen LogP contribution in [0, 0.1) is 0 Å². The second-order valence-electron chi connectivity index (χ2n) is 6.28. The fraction of sp³-hybridized carbons (Fsp3) is 0.250. The van der Waals surface area contributed by atoms with Crippen LogP contribution < -0.4 is 15.0 Å². The molecular weight excluding hydrogens is 360 g/mol. The fourth-order valence-electron chi connectivity index (χ4n) is 2.57. The van der Waals surface area contributed by atoms with Crippen LogP contribution in [0.3, 0.4) is 0 Å². The minimum Gasteiger partial charge on any atom is -0.497 e. The Balaban J connectivity index is 1.58. The van der Waals surface area contributed by atoms with Crippen LogP contribution in [0.5, 0.6) is 5.75 Å². The van der Waals surface area contributed by atoms with E-state index in [1.807, 2.05) is 67.5 Å². The highest BCUT2D eigenvalue weighted by molar-refractivity contribution is 8.15. The van der Waals surface area contributed by atoms with Crippen molar-refractivity contribution < 1.29 is 9.53 Å². The summed E-state index contributed by atoms with van der Waals surface area (Å²) in [5, 5.41) is 11.3. The summed E-state index contributed by atoms with van der Waals surface area (Å²) in [6, 6.07) is 15.7. The molecule has 7 heteroatoms. The van der Waals surface area contributed by atoms with Gasteiger partial charge in [-0.15, -0.1) is 5.10 Å². The molecule has 3 rings (SSSR count). The Labute approximate surface area is 163 Å². The molecule has 1 heterocycles. The minimum absolute atomic E-state index is 0.0416. The van der Waals surface area contributed by atoms with Gasteiger partial charge in [-0.2, -0.15) is 5.10 Å². The van der Waals surface area contributed by atoms with Crippen molar-refractivity contribution in [1.29, 1.82) is 0 Å². The van der Waals surface area contributed by atoms with Gasteiger partial charge in [0.15, 0.2) is 5.17 Å². The first-order chi connectivity index (χ1) is 13.0. The molecule has 6 nitrogen and oxygen atoms in total. The highest BCUT2D eigenvalue weighted by Crippen LogP contribution is 2.24. The van der Waals surface area contributed by atoms with Crippen molar-refractivity contribution in [2.24, 2.45) is 10.2 Å². The summed E-state index contributed by atoms with van der Waals surface area (Å²) >= 11 is 1.40. The number of ether oxygens (including phenoxy) is 1. The topological polar surface area (TPSA) is 66.3 Å². The molecule has 0 spiro atoms. The van der Waals surface area contributed by atoms with Gasteiger partial charge in [0.2, 0.25) is 5.91 Å². The third-order valence-corrected chi connectivity index (χ3v) is 5.19. The Morgan fingerprint density at radius 2 is 1.85 bits per heavy atom. The van der Waals surface area contributed by atoms with Crippen LogP contribution in [0.4, 0.5) is 5.69 Å². The fourth-order valence-corrected chi connectivity index (χ4v) is 3.53. The van der Waals surface area contributed by atoms with Crippen LogP contribution in [-0.4, -0.2) is 43.7 Å². The SMILES string of the molecule is COc1ccc(CC2S/C(=N\N=C/c3ccc(N(C)C)cc3)NC2=O)cc1. The van der Waals surface area contributed by atoms with E-state index in [4.69, 9.17) is 4.74 Å². The second kappa shape index (κ2) is 8.73. The van der Waals surface area contributed by atoms with Crippen LogP contribution in [0.25, 0.3) is 0 Å². The van der Waals surface area contributed by atoms with Gasteiger partial charge in [-0.1, -0.05) is 36.0 Å². The zero-order valence-corrected chi connectivity index (χ0v) is 16.4. The van der Waals surface area contributed by atoms with E-state index in [1.165, 1.54) is 11.8 Å². The molecule has 1 atom stereocenters. The van der Waals surface area contributed by atoms with E-state index in [1.54, 1.807) is 13.3 Å². The van der Waals surface area contributed by atoms with Crippen molar-refractivity contribution in [3.8, 4) is 5.75 Å². The van der Waals surface area contributed by atoms with E-state index in [0.717, 1.165) is 22.6 Å². The molecule has 1 amide bonds. The Bertz CT molecular complexity index is 845. The zero-order chi connectivity index (χ0) is 19.2. The second-order valence-corrected chi connectivity index (χ2v) is 7.48. The summed E-state index contributed by atoms with van der Waals surface area (Å²) in [5.41, 5.74) is 3.15. The van der Waals surface area contributed by atoms with E-state index in [2.05, 4.69) is 15.5 Å². The minimum atomic E-state index is -0.202. The quantitative estimate of drug-likeness (QED) is 0.616. The first-order valence-electron chi connectivity index (χ1n) is 8.54. The van der Waals surface area contributed by atoms with Gasteiger partial charge in [0.1, 0.15) is 5.75 Å². The molecule has 27 heavy (non-hydrogen) atoms. The van der Waals surface area contributed by atoms with E-state index >= 15 is 0 Å². The number of anilines is 1. The zero-order valence-electron chi connectivity index (χ0n) is 15.5. The van der Waals surface area contributed by atoms with Crippen LogP contribution in [-0.2, 0) is 11.2 Å². The maximum atomic E-state index is 12.2. The third-order valence-electron chi connectivity index (χ3n) is 4.12. The maximum Gasteiger partial charge on any atom is 0.239 e. The third kappa shape index (κ3) is 5.10. The summed E-state index contributed by atoms with van der Waals surface area (Å²) in [6.45, 7) is 0. The standard InChI is InChI=1S/C20H22N4O2S/c1-24(2)16-8-4-15(5-9-16)13-21-23-20-22-19(25)18(27-20)12-14-6-10-17(26-3)11-7-14/h4-11,13,18H,12H2,1-3H3,(H,22,23,25)/b21-13-. The number of carbonyl (C=O) groups excluding carboxylic acids is 1. The van der Waals surface area contributed by atoms with Crippen molar-refractivity contribution in [3.05, 3.63) is 59.7 Å². The van der Waals surface area contributed by atoms with Gasteiger partial charge in [0, 0.05) is 19.8 Å². The number of carbonyl (C=O) groups is 1. The molecule has 0 radical (unpaired) electrons. The Kier molecular flexibility index (Phi) is 6.13. The number of thioether (sulfide) groups is 1. The molecule has 0 bridgehead atoms. The van der Waals surface area contributed by atoms with Gasteiger partial charge in [-0.25, -0.2) is 0 Å². The molecule has 1 unspecified atom stereocenters. The van der Waals surface area contributed by atoms with Crippen molar-refractivity contribution in [1.82, 2.24) is 5.32 Å². The average molecular weight is 382 g/mol. The molecule has 0 aromatic heterocycles. The summed E-state index contributed by atoms with van der Waals surface area (Å²) in [7, 11) is 5.63. The Hall–Kier alpha value is -2.80. The van der Waals surface area contributed by atoms with Gasteiger partial charge < -0.3 is 15.0 Å². The van der Waals surface area contributed by atoms with Gasteiger partial charge in [0.05, 0.1) is 18.6 Å². The van der Waals surface area contributed by atoms with E-state index in [-0.39, 0.29) is 11.2 Å². The molecule has 1 aliphatic heterocycles. The molecule has 140 valence electrons. The first-order valence-corrected chi connectivity index (χ1v) is 9.42. The number of rotatable bonds is 6. The monoisotopic (exact) mass is 382 g/mol. The number of nitrogens with zero attached hydrogens (tertiary/aromatic N) is 3. The first kappa shape index (κ1) is 19.0. The normalized spacial score (nSPS) is 18.1. The lowest BCUT2D eigenvalue weighted by atomic mass is 10.1. The van der Waals surface area contributed by atoms with Crippen LogP contribution in [0.1, 0.15) is 11.1 Å². The van der Waals surface area contributed by atoms with Gasteiger partial charge >= 0.3 is 0 Å². The number of methoxy groups -OCH3 is 1. The molecule has 1 saturated heterocycles. The molecule has 1 fully saturated rings. The highest BCUT2D eigenvalue weighted by atomic mass is 32.2. The molecule has 0 saturated carbocycles. The molecule has 1 N–H and O–H groups in total. The molecule has 1 aliphatic rings. The predicted molar refractivity (Wildman–Crippen MR) is 112 cm³/mol. The number of amidine groups is 1. The number of hydrogen-bond donors (Lipinski definition) is 1. The van der Waals surface area contributed by atoms with Crippen LogP contribution in [0.2, 0.25) is 0 Å². The van der Waals surface area contributed by atoms with Crippen LogP contribution in [0.15, 0.2) is 58.7 Å². The van der Waals surface area contributed by atoms with Gasteiger partial charge in [-0.05, 0) is 41.8 Å². The van der Waals surface area contributed by atoms with Crippen molar-refractivity contribution in [3.63, 3.8) is 0 Å². The van der Waals surface area contributed by atoms with Gasteiger partial charge in [-0.3, -0.25) is 4.79 Å². The number of amides is 1. The van der Waals surface area contributed by atoms with Crippen LogP contribution >= 0.6 is 11.8 Å². The molecule has 2 aromatic carbocycles. The molecule has 0 aliphatic carbocycles. The number of benzene rings is 2. The summed E-state index contributed by atoms with van der Waals surface area (Å²) < 4.78 is 5.15. The van der Waals surface area contributed by atoms with E-state index in [0.29, 0.717) is 11.6 Å². The van der Waals surface area contributed by atoms with Crippen molar-refractivity contribution in [2.45, 2.75) is 11.7 Å². The summed E-state index contributed by atoms with van der Waals surface area (Å²) in [5.74, 6) is 0.762. The van der Waals surface area contributed by atoms with Crippen molar-refractivity contribution >= 4 is 34.7 Å². The van der Waals surface area contributed by atoms with E-state index < -0.39 is 0 Å². The maximum absolute atomic E-state index is 12.2. The molecular formula is C20H22N4O2S. The highest BCUT2D eigenvalue weighted by Gasteiger charge is 2.30. The predicted octanol–water partition coefficient (Wildman–Crippen LogP) is 2.93. The number of nitrogens with one attached hydrogen (secondary N) is 1. The Morgan fingerprint density at radius 1 is 1.15 bits per heavy atom. The number of hydrogen-bond acceptors (Lipinski definition) is 6. The summed E-state index contributed by atoms with van der Waals surface area (Å²) in [4.78, 5) is 14.2. The lowest BCUT2D eigenvalue weighted by Crippen LogP contribution is -2.25. The Morgan fingerprint density at radius 3 is 2.48 bits per heavy atom. The van der Waals surface area contributed by atoms with Gasteiger partial charge in [0.25, 0.3) is 0 Å². The smallest absolute Gasteiger partial charge is 0.239 e. The lowest BCUT2D eigenvalue weighted by Gasteiger charge is -2.11. The lowest BCUT2D eigenvalue weighted by molar-refractivity contribution is -0.118. The summed E-state index contributed by atoms with van der Waals surface area (Å²) in [6.07, 6.45) is 2.31. The largest absolute Gasteiger partial charge is 0.497 e. The van der Waals surface area contributed by atoms with Crippen molar-refractivity contribution in [2.75, 3.05) is 26.1 Å². The average Bonchev–Trinajstić information content (AvgIpc) is 3.02. The molecule has 2 aromatic rings. The van der Waals surface area contributed by atoms with E-state index in [9.17, 15) is 4.79 Å².